The smallest absolute Gasteiger partial charge is 0.299 e. The lowest BCUT2D eigenvalue weighted by Gasteiger charge is -1.95. The van der Waals surface area contributed by atoms with Crippen LogP contribution in [0, 0.1) is 10.1 Å². The van der Waals surface area contributed by atoms with Crippen molar-refractivity contribution in [2.45, 2.75) is 31.1 Å². The van der Waals surface area contributed by atoms with Crippen LogP contribution in [-0.4, -0.2) is 16.8 Å². The van der Waals surface area contributed by atoms with E-state index < -0.39 is 5.72 Å². The van der Waals surface area contributed by atoms with E-state index in [1.54, 1.807) is 0 Å². The van der Waals surface area contributed by atoms with Gasteiger partial charge in [-0.3, -0.25) is 14.9 Å². The van der Waals surface area contributed by atoms with E-state index in [0.717, 1.165) is 12.8 Å². The van der Waals surface area contributed by atoms with Gasteiger partial charge in [0.15, 0.2) is 6.10 Å². The molecule has 0 aromatic carbocycles. The minimum Gasteiger partial charge on any atom is -0.299 e. The first-order chi connectivity index (χ1) is 4.26. The Morgan fingerprint density at radius 1 is 1.78 bits per heavy atom. The molecular formula is C5H7NO3. The highest BCUT2D eigenvalue weighted by Crippen LogP contribution is 2.49. The molecule has 4 nitrogen and oxygen atoms in total. The second-order valence-corrected chi connectivity index (χ2v) is 2.60. The molecule has 0 amide bonds. The third-order valence-electron chi connectivity index (χ3n) is 2.10. The van der Waals surface area contributed by atoms with Gasteiger partial charge in [0.2, 0.25) is 0 Å². The molecule has 2 atom stereocenters. The molecule has 1 saturated carbocycles. The van der Waals surface area contributed by atoms with E-state index in [0.29, 0.717) is 6.42 Å². The van der Waals surface area contributed by atoms with E-state index in [-0.39, 0.29) is 11.0 Å². The summed E-state index contributed by atoms with van der Waals surface area (Å²) in [6.07, 6.45) is 2.39. The van der Waals surface area contributed by atoms with Crippen molar-refractivity contribution < 1.29 is 9.66 Å². The molecule has 0 spiro atoms. The lowest BCUT2D eigenvalue weighted by Crippen LogP contribution is -2.21. The van der Waals surface area contributed by atoms with Crippen LogP contribution in [0.4, 0.5) is 0 Å². The summed E-state index contributed by atoms with van der Waals surface area (Å²) >= 11 is 0. The van der Waals surface area contributed by atoms with Crippen molar-refractivity contribution in [2.24, 2.45) is 0 Å². The van der Waals surface area contributed by atoms with Crippen LogP contribution in [0.25, 0.3) is 0 Å². The average Bonchev–Trinajstić information content (AvgIpc) is 2.38. The number of rotatable bonds is 1. The number of nitro groups is 1. The fraction of sp³-hybridized carbons (Fsp3) is 1.00. The Hall–Kier alpha value is -0.640. The van der Waals surface area contributed by atoms with Crippen LogP contribution in [0.2, 0.25) is 0 Å². The third-order valence-corrected chi connectivity index (χ3v) is 2.10. The summed E-state index contributed by atoms with van der Waals surface area (Å²) in [5.74, 6) is 0. The van der Waals surface area contributed by atoms with Gasteiger partial charge in [-0.1, -0.05) is 0 Å². The molecule has 1 heterocycles. The van der Waals surface area contributed by atoms with Crippen LogP contribution >= 0.6 is 0 Å². The van der Waals surface area contributed by atoms with Crippen molar-refractivity contribution in [3.05, 3.63) is 10.1 Å². The van der Waals surface area contributed by atoms with Crippen LogP contribution in [-0.2, 0) is 4.74 Å². The van der Waals surface area contributed by atoms with Crippen molar-refractivity contribution in [1.29, 1.82) is 0 Å². The Bertz CT molecular complexity index is 170. The SMILES string of the molecule is O=[N+]([O-])C12CCCC1O2. The fourth-order valence-electron chi connectivity index (χ4n) is 1.51. The number of nitrogens with zero attached hydrogens (tertiary/aromatic N) is 1. The van der Waals surface area contributed by atoms with E-state index in [1.807, 2.05) is 0 Å². The molecule has 2 rings (SSSR count). The Morgan fingerprint density at radius 2 is 2.56 bits per heavy atom. The molecule has 0 N–H and O–H groups in total. The highest BCUT2D eigenvalue weighted by molar-refractivity contribution is 4.98. The fourth-order valence-corrected chi connectivity index (χ4v) is 1.51. The zero-order valence-corrected chi connectivity index (χ0v) is 4.87. The van der Waals surface area contributed by atoms with Crippen molar-refractivity contribution in [2.75, 3.05) is 0 Å². The highest BCUT2D eigenvalue weighted by Gasteiger charge is 2.71. The van der Waals surface area contributed by atoms with Gasteiger partial charge < -0.3 is 0 Å². The molecule has 2 aliphatic rings. The van der Waals surface area contributed by atoms with Crippen molar-refractivity contribution >= 4 is 0 Å². The monoisotopic (exact) mass is 129 g/mol. The summed E-state index contributed by atoms with van der Waals surface area (Å²) in [5, 5.41) is 10.2. The zero-order valence-electron chi connectivity index (χ0n) is 4.87. The van der Waals surface area contributed by atoms with E-state index in [2.05, 4.69) is 0 Å². The van der Waals surface area contributed by atoms with Gasteiger partial charge in [0.25, 0.3) is 0 Å². The number of fused-ring (bicyclic) bond motifs is 1. The number of hydrogen-bond donors (Lipinski definition) is 0. The summed E-state index contributed by atoms with van der Waals surface area (Å²) in [6.45, 7) is 0. The van der Waals surface area contributed by atoms with E-state index in [4.69, 9.17) is 4.74 Å². The molecule has 0 radical (unpaired) electrons. The maximum absolute atomic E-state index is 10.2. The summed E-state index contributed by atoms with van der Waals surface area (Å²) in [7, 11) is 0. The molecule has 50 valence electrons. The maximum atomic E-state index is 10.2. The summed E-state index contributed by atoms with van der Waals surface area (Å²) < 4.78 is 4.90. The van der Waals surface area contributed by atoms with Crippen LogP contribution < -0.4 is 0 Å². The van der Waals surface area contributed by atoms with E-state index in [1.165, 1.54) is 0 Å². The highest BCUT2D eigenvalue weighted by atomic mass is 16.7. The first kappa shape index (κ1) is 5.17. The van der Waals surface area contributed by atoms with Gasteiger partial charge in [-0.25, -0.2) is 0 Å². The van der Waals surface area contributed by atoms with E-state index >= 15 is 0 Å². The second kappa shape index (κ2) is 1.26. The maximum Gasteiger partial charge on any atom is 0.351 e. The van der Waals surface area contributed by atoms with Crippen LogP contribution in [0.3, 0.4) is 0 Å². The Balaban J connectivity index is 2.19. The molecule has 2 unspecified atom stereocenters. The largest absolute Gasteiger partial charge is 0.351 e. The summed E-state index contributed by atoms with van der Waals surface area (Å²) in [4.78, 5) is 9.96. The van der Waals surface area contributed by atoms with Crippen molar-refractivity contribution in [1.82, 2.24) is 0 Å². The Kier molecular flexibility index (Phi) is 0.725. The van der Waals surface area contributed by atoms with E-state index in [9.17, 15) is 10.1 Å². The first-order valence-corrected chi connectivity index (χ1v) is 3.08. The predicted molar refractivity (Wildman–Crippen MR) is 28.4 cm³/mol. The molecule has 1 aliphatic carbocycles. The first-order valence-electron chi connectivity index (χ1n) is 3.08. The Labute approximate surface area is 52.0 Å². The molecule has 0 aromatic rings. The van der Waals surface area contributed by atoms with Gasteiger partial charge in [-0.15, -0.1) is 0 Å². The van der Waals surface area contributed by atoms with Gasteiger partial charge in [-0.05, 0) is 12.8 Å². The van der Waals surface area contributed by atoms with Gasteiger partial charge in [0.1, 0.15) is 0 Å². The minimum atomic E-state index is -0.917. The molecule has 1 saturated heterocycles. The molecule has 2 fully saturated rings. The van der Waals surface area contributed by atoms with Crippen LogP contribution in [0.1, 0.15) is 19.3 Å². The number of ether oxygens (including phenoxy) is 1. The molecule has 4 heteroatoms. The summed E-state index contributed by atoms with van der Waals surface area (Å²) in [5.41, 5.74) is -0.917. The van der Waals surface area contributed by atoms with Gasteiger partial charge in [0, 0.05) is 6.42 Å². The minimum absolute atomic E-state index is 0.0486. The molecule has 9 heavy (non-hydrogen) atoms. The average molecular weight is 129 g/mol. The molecule has 0 bridgehead atoms. The van der Waals surface area contributed by atoms with Crippen LogP contribution in [0.5, 0.6) is 0 Å². The lowest BCUT2D eigenvalue weighted by molar-refractivity contribution is -0.562. The van der Waals surface area contributed by atoms with Gasteiger partial charge >= 0.3 is 5.72 Å². The number of epoxide rings is 1. The zero-order chi connectivity index (χ0) is 6.48. The normalized spacial score (nSPS) is 46.4. The molecular weight excluding hydrogens is 122 g/mol. The lowest BCUT2D eigenvalue weighted by atomic mass is 10.3. The predicted octanol–water partition coefficient (Wildman–Crippen LogP) is 0.542. The van der Waals surface area contributed by atoms with Crippen LogP contribution in [0.15, 0.2) is 0 Å². The standard InChI is InChI=1S/C5H7NO3/c7-6(8)5-3-1-2-4(5)9-5/h4H,1-3H2. The summed E-state index contributed by atoms with van der Waals surface area (Å²) in [6, 6.07) is 0. The third kappa shape index (κ3) is 0.463. The van der Waals surface area contributed by atoms with Gasteiger partial charge in [0.05, 0.1) is 4.92 Å². The second-order valence-electron chi connectivity index (χ2n) is 2.60. The molecule has 1 aliphatic heterocycles. The van der Waals surface area contributed by atoms with Gasteiger partial charge in [-0.2, -0.15) is 0 Å². The molecule has 0 aromatic heterocycles. The van der Waals surface area contributed by atoms with Crippen molar-refractivity contribution in [3.63, 3.8) is 0 Å². The Morgan fingerprint density at radius 3 is 2.78 bits per heavy atom. The quantitative estimate of drug-likeness (QED) is 0.295. The number of hydrogen-bond acceptors (Lipinski definition) is 3. The topological polar surface area (TPSA) is 55.7 Å². The van der Waals surface area contributed by atoms with Crippen molar-refractivity contribution in [3.8, 4) is 0 Å².